The normalized spacial score (nSPS) is 27.8. The van der Waals surface area contributed by atoms with E-state index >= 15 is 0 Å². The Balaban J connectivity index is 2.36. The number of hydrogen-bond acceptors (Lipinski definition) is 3. The summed E-state index contributed by atoms with van der Waals surface area (Å²) < 4.78 is 0. The summed E-state index contributed by atoms with van der Waals surface area (Å²) in [4.78, 5) is 4.40. The van der Waals surface area contributed by atoms with E-state index < -0.39 is 0 Å². The van der Waals surface area contributed by atoms with E-state index in [2.05, 4.69) is 30.9 Å². The van der Waals surface area contributed by atoms with Crippen LogP contribution in [0.25, 0.3) is 0 Å². The van der Waals surface area contributed by atoms with Gasteiger partial charge in [-0.15, -0.1) is 0 Å². The standard InChI is InChI=1S/C9H13N3/c1-6-5-10-9-4-7(2)11-12(9)8(6)3/h5,9H,4H2,1-3H3. The largest absolute Gasteiger partial charge is 0.266 e. The van der Waals surface area contributed by atoms with Gasteiger partial charge in [0.15, 0.2) is 0 Å². The number of aliphatic imine (C=N–C) groups is 1. The zero-order chi connectivity index (χ0) is 8.72. The van der Waals surface area contributed by atoms with Crippen LogP contribution in [0.2, 0.25) is 0 Å². The summed E-state index contributed by atoms with van der Waals surface area (Å²) in [5.74, 6) is 0. The van der Waals surface area contributed by atoms with Crippen LogP contribution in [0.5, 0.6) is 0 Å². The van der Waals surface area contributed by atoms with Crippen molar-refractivity contribution in [3.8, 4) is 0 Å². The Hall–Kier alpha value is -1.12. The molecule has 1 unspecified atom stereocenters. The quantitative estimate of drug-likeness (QED) is 0.535. The van der Waals surface area contributed by atoms with E-state index in [0.717, 1.165) is 6.42 Å². The van der Waals surface area contributed by atoms with E-state index in [1.165, 1.54) is 17.0 Å². The molecule has 64 valence electrons. The average Bonchev–Trinajstić information content (AvgIpc) is 2.39. The highest BCUT2D eigenvalue weighted by Crippen LogP contribution is 2.25. The van der Waals surface area contributed by atoms with Gasteiger partial charge in [-0.3, -0.25) is 4.99 Å². The molecule has 0 bridgehead atoms. The molecule has 0 aromatic heterocycles. The lowest BCUT2D eigenvalue weighted by atomic mass is 10.2. The van der Waals surface area contributed by atoms with Crippen molar-refractivity contribution < 1.29 is 0 Å². The molecule has 0 fully saturated rings. The molecule has 3 heteroatoms. The Morgan fingerprint density at radius 2 is 2.17 bits per heavy atom. The van der Waals surface area contributed by atoms with Crippen LogP contribution in [-0.4, -0.2) is 23.1 Å². The second-order valence-corrected chi connectivity index (χ2v) is 3.41. The fraction of sp³-hybridized carbons (Fsp3) is 0.556. The first-order valence-corrected chi connectivity index (χ1v) is 4.22. The lowest BCUT2D eigenvalue weighted by molar-refractivity contribution is 0.297. The Bertz CT molecular complexity index is 299. The summed E-state index contributed by atoms with van der Waals surface area (Å²) in [5.41, 5.74) is 3.61. The van der Waals surface area contributed by atoms with E-state index in [-0.39, 0.29) is 6.17 Å². The van der Waals surface area contributed by atoms with Gasteiger partial charge >= 0.3 is 0 Å². The van der Waals surface area contributed by atoms with Crippen LogP contribution in [0.4, 0.5) is 0 Å². The van der Waals surface area contributed by atoms with Crippen LogP contribution >= 0.6 is 0 Å². The van der Waals surface area contributed by atoms with Crippen molar-refractivity contribution in [2.75, 3.05) is 0 Å². The Morgan fingerprint density at radius 3 is 2.92 bits per heavy atom. The predicted molar refractivity (Wildman–Crippen MR) is 50.2 cm³/mol. The highest BCUT2D eigenvalue weighted by atomic mass is 15.5. The monoisotopic (exact) mass is 163 g/mol. The van der Waals surface area contributed by atoms with Crippen LogP contribution < -0.4 is 0 Å². The molecule has 0 aliphatic carbocycles. The molecule has 0 aromatic rings. The van der Waals surface area contributed by atoms with E-state index in [4.69, 9.17) is 0 Å². The first-order chi connectivity index (χ1) is 5.68. The maximum absolute atomic E-state index is 4.42. The third kappa shape index (κ3) is 0.967. The second kappa shape index (κ2) is 2.44. The fourth-order valence-electron chi connectivity index (χ4n) is 1.53. The Morgan fingerprint density at radius 1 is 1.42 bits per heavy atom. The number of hydrazone groups is 1. The number of fused-ring (bicyclic) bond motifs is 1. The smallest absolute Gasteiger partial charge is 0.146 e. The molecular formula is C9H13N3. The van der Waals surface area contributed by atoms with Crippen LogP contribution in [0, 0.1) is 0 Å². The lowest BCUT2D eigenvalue weighted by Gasteiger charge is -2.25. The SMILES string of the molecule is CC1=NN2C(C)=C(C)C=NC2C1. The minimum absolute atomic E-state index is 0.244. The van der Waals surface area contributed by atoms with Gasteiger partial charge in [-0.2, -0.15) is 5.10 Å². The maximum Gasteiger partial charge on any atom is 0.146 e. The maximum atomic E-state index is 4.42. The average molecular weight is 163 g/mol. The molecule has 2 aliphatic heterocycles. The number of rotatable bonds is 0. The van der Waals surface area contributed by atoms with Crippen molar-refractivity contribution in [2.45, 2.75) is 33.4 Å². The highest BCUT2D eigenvalue weighted by molar-refractivity contribution is 5.86. The van der Waals surface area contributed by atoms with Gasteiger partial charge in [0.05, 0.1) is 0 Å². The molecule has 3 nitrogen and oxygen atoms in total. The van der Waals surface area contributed by atoms with E-state index in [9.17, 15) is 0 Å². The summed E-state index contributed by atoms with van der Waals surface area (Å²) in [6.07, 6.45) is 3.17. The topological polar surface area (TPSA) is 28.0 Å². The summed E-state index contributed by atoms with van der Waals surface area (Å²) in [5, 5.41) is 6.44. The van der Waals surface area contributed by atoms with Gasteiger partial charge in [0, 0.05) is 24.0 Å². The van der Waals surface area contributed by atoms with Gasteiger partial charge in [0.2, 0.25) is 0 Å². The first-order valence-electron chi connectivity index (χ1n) is 4.22. The minimum atomic E-state index is 0.244. The van der Waals surface area contributed by atoms with Crippen LogP contribution in [0.15, 0.2) is 21.4 Å². The van der Waals surface area contributed by atoms with Gasteiger partial charge in [-0.05, 0) is 26.3 Å². The molecule has 0 amide bonds. The van der Waals surface area contributed by atoms with Crippen molar-refractivity contribution >= 4 is 11.9 Å². The fourth-order valence-corrected chi connectivity index (χ4v) is 1.53. The number of nitrogens with zero attached hydrogens (tertiary/aromatic N) is 3. The minimum Gasteiger partial charge on any atom is -0.266 e. The van der Waals surface area contributed by atoms with Crippen LogP contribution in [0.1, 0.15) is 27.2 Å². The predicted octanol–water partition coefficient (Wildman–Crippen LogP) is 1.77. The molecule has 0 saturated heterocycles. The molecule has 2 rings (SSSR count). The molecule has 0 N–H and O–H groups in total. The van der Waals surface area contributed by atoms with Crippen molar-refractivity contribution in [3.63, 3.8) is 0 Å². The van der Waals surface area contributed by atoms with Crippen molar-refractivity contribution in [1.82, 2.24) is 5.01 Å². The van der Waals surface area contributed by atoms with Gasteiger partial charge in [0.1, 0.15) is 6.17 Å². The molecule has 12 heavy (non-hydrogen) atoms. The molecule has 2 heterocycles. The molecule has 1 atom stereocenters. The van der Waals surface area contributed by atoms with Gasteiger partial charge in [-0.1, -0.05) is 0 Å². The highest BCUT2D eigenvalue weighted by Gasteiger charge is 2.27. The second-order valence-electron chi connectivity index (χ2n) is 3.41. The number of hydrogen-bond donors (Lipinski definition) is 0. The summed E-state index contributed by atoms with van der Waals surface area (Å²) in [6, 6.07) is 0. The third-order valence-corrected chi connectivity index (χ3v) is 2.39. The zero-order valence-corrected chi connectivity index (χ0v) is 7.70. The van der Waals surface area contributed by atoms with Gasteiger partial charge < -0.3 is 0 Å². The molecule has 0 spiro atoms. The molecule has 0 saturated carbocycles. The molecule has 0 radical (unpaired) electrons. The summed E-state index contributed by atoms with van der Waals surface area (Å²) in [6.45, 7) is 6.21. The van der Waals surface area contributed by atoms with Crippen LogP contribution in [0.3, 0.4) is 0 Å². The van der Waals surface area contributed by atoms with E-state index in [1.807, 2.05) is 11.2 Å². The van der Waals surface area contributed by atoms with Crippen molar-refractivity contribution in [1.29, 1.82) is 0 Å². The summed E-state index contributed by atoms with van der Waals surface area (Å²) in [7, 11) is 0. The lowest BCUT2D eigenvalue weighted by Crippen LogP contribution is -2.27. The third-order valence-electron chi connectivity index (χ3n) is 2.39. The van der Waals surface area contributed by atoms with E-state index in [1.54, 1.807) is 0 Å². The van der Waals surface area contributed by atoms with Gasteiger partial charge in [-0.25, -0.2) is 5.01 Å². The van der Waals surface area contributed by atoms with Crippen LogP contribution in [-0.2, 0) is 0 Å². The Labute approximate surface area is 72.5 Å². The van der Waals surface area contributed by atoms with Gasteiger partial charge in [0.25, 0.3) is 0 Å². The molecule has 2 aliphatic rings. The van der Waals surface area contributed by atoms with Crippen molar-refractivity contribution in [2.24, 2.45) is 10.1 Å². The Kier molecular flexibility index (Phi) is 1.53. The first kappa shape index (κ1) is 7.53. The van der Waals surface area contributed by atoms with Crippen molar-refractivity contribution in [3.05, 3.63) is 11.3 Å². The van der Waals surface area contributed by atoms with E-state index in [0.29, 0.717) is 0 Å². The molecule has 0 aromatic carbocycles. The summed E-state index contributed by atoms with van der Waals surface area (Å²) >= 11 is 0. The molecular weight excluding hydrogens is 150 g/mol. The zero-order valence-electron chi connectivity index (χ0n) is 7.70. The number of allylic oxidation sites excluding steroid dienone is 2.